The largest absolute Gasteiger partial charge is 0.399 e. The smallest absolute Gasteiger partial charge is 0.188 e. The number of benzene rings is 2. The van der Waals surface area contributed by atoms with E-state index in [4.69, 9.17) is 5.73 Å². The van der Waals surface area contributed by atoms with Gasteiger partial charge in [-0.2, -0.15) is 4.68 Å². The van der Waals surface area contributed by atoms with Gasteiger partial charge in [0.15, 0.2) is 5.82 Å². The van der Waals surface area contributed by atoms with Crippen molar-refractivity contribution in [2.24, 2.45) is 0 Å². The fraction of sp³-hybridized carbons (Fsp3) is 0.133. The van der Waals surface area contributed by atoms with Crippen LogP contribution in [-0.2, 0) is 0 Å². The van der Waals surface area contributed by atoms with Crippen molar-refractivity contribution in [3.05, 3.63) is 52.0 Å². The number of nitrogen functional groups attached to an aromatic ring is 1. The number of anilines is 1. The Kier molecular flexibility index (Phi) is 3.47. The molecule has 0 amide bonds. The van der Waals surface area contributed by atoms with Crippen LogP contribution >= 0.6 is 15.9 Å². The number of nitrogens with two attached hydrogens (primary N) is 1. The SMILES string of the molecule is Cc1cc(C)cc(-n2nnnc2-c2cc(N)ccc2Br)c1. The van der Waals surface area contributed by atoms with Gasteiger partial charge in [0.2, 0.25) is 0 Å². The van der Waals surface area contributed by atoms with Crippen LogP contribution in [0.25, 0.3) is 17.1 Å². The predicted molar refractivity (Wildman–Crippen MR) is 86.2 cm³/mol. The van der Waals surface area contributed by atoms with Crippen molar-refractivity contribution in [2.45, 2.75) is 13.8 Å². The van der Waals surface area contributed by atoms with Gasteiger partial charge in [-0.15, -0.1) is 5.10 Å². The third-order valence-electron chi connectivity index (χ3n) is 3.15. The summed E-state index contributed by atoms with van der Waals surface area (Å²) >= 11 is 3.52. The molecule has 21 heavy (non-hydrogen) atoms. The van der Waals surface area contributed by atoms with E-state index in [1.54, 1.807) is 4.68 Å². The van der Waals surface area contributed by atoms with Gasteiger partial charge in [-0.05, 0) is 65.7 Å². The van der Waals surface area contributed by atoms with Gasteiger partial charge >= 0.3 is 0 Å². The minimum atomic E-state index is 0.652. The Bertz CT molecular complexity index is 789. The molecule has 0 aliphatic carbocycles. The Labute approximate surface area is 130 Å². The summed E-state index contributed by atoms with van der Waals surface area (Å²) in [7, 11) is 0. The summed E-state index contributed by atoms with van der Waals surface area (Å²) in [6, 6.07) is 11.8. The Morgan fingerprint density at radius 1 is 1.05 bits per heavy atom. The van der Waals surface area contributed by atoms with Crippen LogP contribution in [0.15, 0.2) is 40.9 Å². The van der Waals surface area contributed by atoms with Crippen LogP contribution in [0, 0.1) is 13.8 Å². The lowest BCUT2D eigenvalue weighted by atomic mass is 10.1. The minimum Gasteiger partial charge on any atom is -0.399 e. The maximum absolute atomic E-state index is 5.87. The molecule has 0 fully saturated rings. The van der Waals surface area contributed by atoms with Gasteiger partial charge in [0.05, 0.1) is 5.69 Å². The lowest BCUT2D eigenvalue weighted by molar-refractivity contribution is 0.790. The number of tetrazole rings is 1. The summed E-state index contributed by atoms with van der Waals surface area (Å²) in [5.41, 5.74) is 10.7. The van der Waals surface area contributed by atoms with E-state index in [1.165, 1.54) is 0 Å². The highest BCUT2D eigenvalue weighted by molar-refractivity contribution is 9.10. The highest BCUT2D eigenvalue weighted by Gasteiger charge is 2.14. The second kappa shape index (κ2) is 5.29. The van der Waals surface area contributed by atoms with E-state index in [2.05, 4.69) is 51.4 Å². The Balaban J connectivity index is 2.19. The van der Waals surface area contributed by atoms with Crippen molar-refractivity contribution in [3.8, 4) is 17.1 Å². The van der Waals surface area contributed by atoms with E-state index in [9.17, 15) is 0 Å². The highest BCUT2D eigenvalue weighted by Crippen LogP contribution is 2.29. The number of nitrogens with zero attached hydrogens (tertiary/aromatic N) is 4. The van der Waals surface area contributed by atoms with Gasteiger partial charge in [-0.25, -0.2) is 0 Å². The topological polar surface area (TPSA) is 69.6 Å². The molecule has 0 bridgehead atoms. The van der Waals surface area contributed by atoms with Crippen LogP contribution in [0.2, 0.25) is 0 Å². The summed E-state index contributed by atoms with van der Waals surface area (Å²) < 4.78 is 2.62. The Morgan fingerprint density at radius 2 is 1.76 bits per heavy atom. The molecule has 1 aromatic heterocycles. The zero-order valence-corrected chi connectivity index (χ0v) is 13.3. The molecule has 0 atom stereocenters. The molecule has 2 N–H and O–H groups in total. The number of halogens is 1. The number of hydrogen-bond donors (Lipinski definition) is 1. The summed E-state index contributed by atoms with van der Waals surface area (Å²) in [6.45, 7) is 4.11. The van der Waals surface area contributed by atoms with Crippen LogP contribution < -0.4 is 5.73 Å². The molecular weight excluding hydrogens is 330 g/mol. The molecule has 1 heterocycles. The average molecular weight is 344 g/mol. The molecule has 106 valence electrons. The molecule has 0 aliphatic rings. The van der Waals surface area contributed by atoms with E-state index in [1.807, 2.05) is 30.3 Å². The highest BCUT2D eigenvalue weighted by atomic mass is 79.9. The van der Waals surface area contributed by atoms with Gasteiger partial charge < -0.3 is 5.73 Å². The maximum Gasteiger partial charge on any atom is 0.188 e. The molecule has 5 nitrogen and oxygen atoms in total. The standard InChI is InChI=1S/C15H14BrN5/c1-9-5-10(2)7-12(6-9)21-15(18-19-20-21)13-8-11(17)3-4-14(13)16/h3-8H,17H2,1-2H3. The molecule has 0 saturated carbocycles. The first-order valence-electron chi connectivity index (χ1n) is 6.47. The van der Waals surface area contributed by atoms with Gasteiger partial charge in [0.25, 0.3) is 0 Å². The second-order valence-corrected chi connectivity index (χ2v) is 5.85. The van der Waals surface area contributed by atoms with Crippen molar-refractivity contribution >= 4 is 21.6 Å². The lowest BCUT2D eigenvalue weighted by Crippen LogP contribution is -2.01. The van der Waals surface area contributed by atoms with E-state index in [-0.39, 0.29) is 0 Å². The number of hydrogen-bond acceptors (Lipinski definition) is 4. The molecular formula is C15H14BrN5. The first-order valence-corrected chi connectivity index (χ1v) is 7.26. The normalized spacial score (nSPS) is 10.8. The van der Waals surface area contributed by atoms with Gasteiger partial charge in [-0.3, -0.25) is 0 Å². The molecule has 0 spiro atoms. The third kappa shape index (κ3) is 2.67. The summed E-state index contributed by atoms with van der Waals surface area (Å²) in [4.78, 5) is 0. The van der Waals surface area contributed by atoms with Crippen LogP contribution in [-0.4, -0.2) is 20.2 Å². The summed E-state index contributed by atoms with van der Waals surface area (Å²) in [5.74, 6) is 0.652. The van der Waals surface area contributed by atoms with E-state index in [0.29, 0.717) is 11.5 Å². The molecule has 3 aromatic rings. The zero-order chi connectivity index (χ0) is 15.0. The molecule has 2 aromatic carbocycles. The van der Waals surface area contributed by atoms with E-state index < -0.39 is 0 Å². The van der Waals surface area contributed by atoms with Crippen LogP contribution in [0.5, 0.6) is 0 Å². The van der Waals surface area contributed by atoms with Crippen LogP contribution in [0.1, 0.15) is 11.1 Å². The Hall–Kier alpha value is -2.21. The van der Waals surface area contributed by atoms with Crippen molar-refractivity contribution in [3.63, 3.8) is 0 Å². The average Bonchev–Trinajstić information content (AvgIpc) is 2.89. The molecule has 0 saturated heterocycles. The van der Waals surface area contributed by atoms with Crippen molar-refractivity contribution in [1.29, 1.82) is 0 Å². The molecule has 3 rings (SSSR count). The van der Waals surface area contributed by atoms with Gasteiger partial charge in [0, 0.05) is 15.7 Å². The first kappa shape index (κ1) is 13.8. The number of aromatic nitrogens is 4. The number of aryl methyl sites for hydroxylation is 2. The monoisotopic (exact) mass is 343 g/mol. The van der Waals surface area contributed by atoms with Gasteiger partial charge in [0.1, 0.15) is 0 Å². The van der Waals surface area contributed by atoms with E-state index >= 15 is 0 Å². The zero-order valence-electron chi connectivity index (χ0n) is 11.7. The molecule has 6 heteroatoms. The van der Waals surface area contributed by atoms with E-state index in [0.717, 1.165) is 26.9 Å². The summed E-state index contributed by atoms with van der Waals surface area (Å²) in [5, 5.41) is 12.1. The molecule has 0 unspecified atom stereocenters. The fourth-order valence-electron chi connectivity index (χ4n) is 2.32. The second-order valence-electron chi connectivity index (χ2n) is 5.00. The molecule has 0 aliphatic heterocycles. The first-order chi connectivity index (χ1) is 10.0. The third-order valence-corrected chi connectivity index (χ3v) is 3.84. The van der Waals surface area contributed by atoms with Crippen LogP contribution in [0.4, 0.5) is 5.69 Å². The minimum absolute atomic E-state index is 0.652. The predicted octanol–water partition coefficient (Wildman–Crippen LogP) is 3.29. The van der Waals surface area contributed by atoms with Gasteiger partial charge in [-0.1, -0.05) is 22.0 Å². The molecule has 0 radical (unpaired) electrons. The maximum atomic E-state index is 5.87. The Morgan fingerprint density at radius 3 is 2.48 bits per heavy atom. The van der Waals surface area contributed by atoms with Crippen molar-refractivity contribution in [2.75, 3.05) is 5.73 Å². The quantitative estimate of drug-likeness (QED) is 0.725. The van der Waals surface area contributed by atoms with Crippen molar-refractivity contribution < 1.29 is 0 Å². The van der Waals surface area contributed by atoms with Crippen molar-refractivity contribution in [1.82, 2.24) is 20.2 Å². The lowest BCUT2D eigenvalue weighted by Gasteiger charge is -2.09. The fourth-order valence-corrected chi connectivity index (χ4v) is 2.74. The summed E-state index contributed by atoms with van der Waals surface area (Å²) in [6.07, 6.45) is 0. The number of rotatable bonds is 2. The van der Waals surface area contributed by atoms with Crippen LogP contribution in [0.3, 0.4) is 0 Å².